The standard InChI is InChI=1S/C18H15Cl2NO3/c1-10-3-4-13(7-11(10)2)24-6-5-21-16-14(17(22)18(21)23)8-12(19)9-15(16)20/h3-4,7-9H,5-6H2,1-2H3. The summed E-state index contributed by atoms with van der Waals surface area (Å²) in [5, 5.41) is 0.607. The van der Waals surface area contributed by atoms with Crippen LogP contribution in [0.4, 0.5) is 5.69 Å². The van der Waals surface area contributed by atoms with Crippen molar-refractivity contribution in [1.82, 2.24) is 0 Å². The molecule has 0 saturated carbocycles. The molecule has 6 heteroatoms. The molecule has 0 N–H and O–H groups in total. The Balaban J connectivity index is 1.76. The van der Waals surface area contributed by atoms with Crippen LogP contribution in [0, 0.1) is 13.8 Å². The SMILES string of the molecule is Cc1ccc(OCCN2C(=O)C(=O)c3cc(Cl)cc(Cl)c32)cc1C. The summed E-state index contributed by atoms with van der Waals surface area (Å²) in [6, 6.07) is 8.77. The third-order valence-electron chi connectivity index (χ3n) is 4.04. The van der Waals surface area contributed by atoms with E-state index in [9.17, 15) is 9.59 Å². The van der Waals surface area contributed by atoms with Gasteiger partial charge in [-0.3, -0.25) is 14.5 Å². The van der Waals surface area contributed by atoms with Gasteiger partial charge in [-0.2, -0.15) is 0 Å². The van der Waals surface area contributed by atoms with Gasteiger partial charge in [-0.25, -0.2) is 0 Å². The predicted octanol–water partition coefficient (Wildman–Crippen LogP) is 4.22. The van der Waals surface area contributed by atoms with E-state index in [0.717, 1.165) is 11.3 Å². The number of hydrogen-bond donors (Lipinski definition) is 0. The lowest BCUT2D eigenvalue weighted by molar-refractivity contribution is -0.114. The Kier molecular flexibility index (Phi) is 4.52. The van der Waals surface area contributed by atoms with Gasteiger partial charge in [-0.15, -0.1) is 0 Å². The van der Waals surface area contributed by atoms with Gasteiger partial charge < -0.3 is 4.74 Å². The number of ketones is 1. The summed E-state index contributed by atoms with van der Waals surface area (Å²) in [4.78, 5) is 25.6. The molecule has 1 aliphatic heterocycles. The monoisotopic (exact) mass is 363 g/mol. The zero-order valence-electron chi connectivity index (χ0n) is 13.2. The van der Waals surface area contributed by atoms with Crippen LogP contribution in [0.1, 0.15) is 21.5 Å². The third kappa shape index (κ3) is 2.99. The van der Waals surface area contributed by atoms with Crippen molar-refractivity contribution in [3.05, 3.63) is 57.1 Å². The zero-order chi connectivity index (χ0) is 17.4. The van der Waals surface area contributed by atoms with Gasteiger partial charge in [0.25, 0.3) is 11.7 Å². The fraction of sp³-hybridized carbons (Fsp3) is 0.222. The molecule has 0 atom stereocenters. The molecule has 3 rings (SSSR count). The molecule has 0 saturated heterocycles. The minimum atomic E-state index is -0.613. The molecule has 4 nitrogen and oxygen atoms in total. The van der Waals surface area contributed by atoms with Crippen molar-refractivity contribution < 1.29 is 14.3 Å². The first-order chi connectivity index (χ1) is 11.4. The van der Waals surface area contributed by atoms with Crippen LogP contribution >= 0.6 is 23.2 Å². The summed E-state index contributed by atoms with van der Waals surface area (Å²) in [5.41, 5.74) is 2.95. The number of carbonyl (C=O) groups excluding carboxylic acids is 2. The number of anilines is 1. The van der Waals surface area contributed by atoms with E-state index in [1.807, 2.05) is 32.0 Å². The molecule has 124 valence electrons. The van der Waals surface area contributed by atoms with Crippen molar-refractivity contribution in [1.29, 1.82) is 0 Å². The maximum Gasteiger partial charge on any atom is 0.299 e. The first-order valence-corrected chi connectivity index (χ1v) is 8.19. The minimum absolute atomic E-state index is 0.228. The third-order valence-corrected chi connectivity index (χ3v) is 4.55. The molecule has 1 aliphatic rings. The largest absolute Gasteiger partial charge is 0.492 e. The van der Waals surface area contributed by atoms with Crippen LogP contribution in [-0.2, 0) is 4.79 Å². The van der Waals surface area contributed by atoms with Crippen LogP contribution in [0.15, 0.2) is 30.3 Å². The molecule has 2 aromatic carbocycles. The van der Waals surface area contributed by atoms with E-state index in [-0.39, 0.29) is 23.7 Å². The second-order valence-corrected chi connectivity index (χ2v) is 6.51. The number of halogens is 2. The Labute approximate surface area is 149 Å². The molecular weight excluding hydrogens is 349 g/mol. The number of amides is 1. The lowest BCUT2D eigenvalue weighted by Gasteiger charge is -2.18. The zero-order valence-corrected chi connectivity index (χ0v) is 14.7. The summed E-state index contributed by atoms with van der Waals surface area (Å²) in [6.07, 6.45) is 0. The van der Waals surface area contributed by atoms with Crippen LogP contribution in [0.25, 0.3) is 0 Å². The van der Waals surface area contributed by atoms with Gasteiger partial charge in [-0.05, 0) is 49.2 Å². The number of ether oxygens (including phenoxy) is 1. The molecule has 0 radical (unpaired) electrons. The van der Waals surface area contributed by atoms with Crippen LogP contribution < -0.4 is 9.64 Å². The van der Waals surface area contributed by atoms with E-state index < -0.39 is 11.7 Å². The van der Waals surface area contributed by atoms with Crippen LogP contribution in [-0.4, -0.2) is 24.8 Å². The summed E-state index contributed by atoms with van der Waals surface area (Å²) >= 11 is 12.1. The second-order valence-electron chi connectivity index (χ2n) is 5.66. The number of nitrogens with zero attached hydrogens (tertiary/aromatic N) is 1. The van der Waals surface area contributed by atoms with E-state index in [0.29, 0.717) is 10.7 Å². The first-order valence-electron chi connectivity index (χ1n) is 7.44. The number of hydrogen-bond acceptors (Lipinski definition) is 3. The molecule has 2 aromatic rings. The first kappa shape index (κ1) is 16.8. The van der Waals surface area contributed by atoms with Crippen molar-refractivity contribution in [3.63, 3.8) is 0 Å². The summed E-state index contributed by atoms with van der Waals surface area (Å²) < 4.78 is 5.69. The number of aryl methyl sites for hydroxylation is 2. The van der Waals surface area contributed by atoms with E-state index >= 15 is 0 Å². The molecular formula is C18H15Cl2NO3. The second kappa shape index (κ2) is 6.46. The van der Waals surface area contributed by atoms with Crippen molar-refractivity contribution in [2.24, 2.45) is 0 Å². The van der Waals surface area contributed by atoms with Gasteiger partial charge >= 0.3 is 0 Å². The highest BCUT2D eigenvalue weighted by atomic mass is 35.5. The molecule has 0 bridgehead atoms. The molecule has 1 heterocycles. The predicted molar refractivity (Wildman–Crippen MR) is 94.6 cm³/mol. The number of Topliss-reactive ketones (excluding diaryl/α,β-unsaturated/α-hetero) is 1. The lowest BCUT2D eigenvalue weighted by Crippen LogP contribution is -2.33. The van der Waals surface area contributed by atoms with Crippen molar-refractivity contribution in [2.45, 2.75) is 13.8 Å². The van der Waals surface area contributed by atoms with E-state index in [1.165, 1.54) is 22.6 Å². The highest BCUT2D eigenvalue weighted by Crippen LogP contribution is 2.38. The maximum atomic E-state index is 12.2. The Morgan fingerprint density at radius 1 is 1.04 bits per heavy atom. The Bertz CT molecular complexity index is 848. The Morgan fingerprint density at radius 3 is 2.50 bits per heavy atom. The smallest absolute Gasteiger partial charge is 0.299 e. The van der Waals surface area contributed by atoms with E-state index in [2.05, 4.69) is 0 Å². The maximum absolute atomic E-state index is 12.2. The van der Waals surface area contributed by atoms with Gasteiger partial charge in [0, 0.05) is 5.02 Å². The topological polar surface area (TPSA) is 46.6 Å². The number of carbonyl (C=O) groups is 2. The minimum Gasteiger partial charge on any atom is -0.492 e. The molecule has 0 aromatic heterocycles. The van der Waals surface area contributed by atoms with Crippen LogP contribution in [0.3, 0.4) is 0 Å². The normalized spacial score (nSPS) is 13.4. The van der Waals surface area contributed by atoms with Crippen LogP contribution in [0.2, 0.25) is 10.0 Å². The van der Waals surface area contributed by atoms with Gasteiger partial charge in [-0.1, -0.05) is 29.3 Å². The molecule has 0 aliphatic carbocycles. The van der Waals surface area contributed by atoms with Crippen molar-refractivity contribution >= 4 is 40.6 Å². The Morgan fingerprint density at radius 2 is 1.79 bits per heavy atom. The van der Waals surface area contributed by atoms with Gasteiger partial charge in [0.2, 0.25) is 0 Å². The van der Waals surface area contributed by atoms with Gasteiger partial charge in [0.15, 0.2) is 0 Å². The summed E-state index contributed by atoms with van der Waals surface area (Å²) in [5.74, 6) is -0.489. The fourth-order valence-corrected chi connectivity index (χ4v) is 3.22. The molecule has 0 unspecified atom stereocenters. The summed E-state index contributed by atoms with van der Waals surface area (Å²) in [7, 11) is 0. The molecule has 1 amide bonds. The van der Waals surface area contributed by atoms with Gasteiger partial charge in [0.1, 0.15) is 12.4 Å². The lowest BCUT2D eigenvalue weighted by atomic mass is 10.1. The number of benzene rings is 2. The number of rotatable bonds is 4. The quantitative estimate of drug-likeness (QED) is 0.764. The van der Waals surface area contributed by atoms with E-state index in [1.54, 1.807) is 0 Å². The van der Waals surface area contributed by atoms with Crippen molar-refractivity contribution in [3.8, 4) is 5.75 Å². The average molecular weight is 364 g/mol. The average Bonchev–Trinajstić information content (AvgIpc) is 2.76. The van der Waals surface area contributed by atoms with Crippen LogP contribution in [0.5, 0.6) is 5.75 Å². The summed E-state index contributed by atoms with van der Waals surface area (Å²) in [6.45, 7) is 4.51. The molecule has 24 heavy (non-hydrogen) atoms. The highest BCUT2D eigenvalue weighted by Gasteiger charge is 2.37. The molecule has 0 fully saturated rings. The fourth-order valence-electron chi connectivity index (χ4n) is 2.62. The number of fused-ring (bicyclic) bond motifs is 1. The highest BCUT2D eigenvalue weighted by molar-refractivity contribution is 6.54. The van der Waals surface area contributed by atoms with Crippen molar-refractivity contribution in [2.75, 3.05) is 18.1 Å². The molecule has 0 spiro atoms. The van der Waals surface area contributed by atoms with Gasteiger partial charge in [0.05, 0.1) is 22.8 Å². The Hall–Kier alpha value is -2.04. The van der Waals surface area contributed by atoms with E-state index in [4.69, 9.17) is 27.9 Å².